The molecule has 1 saturated heterocycles. The summed E-state index contributed by atoms with van der Waals surface area (Å²) >= 11 is 0. The third-order valence-electron chi connectivity index (χ3n) is 2.91. The Balaban J connectivity index is 2.66. The van der Waals surface area contributed by atoms with E-state index in [0.29, 0.717) is 17.4 Å². The first-order valence-electron chi connectivity index (χ1n) is 3.66. The summed E-state index contributed by atoms with van der Waals surface area (Å²) in [7, 11) is 0. The first-order valence-corrected chi connectivity index (χ1v) is 3.66. The zero-order chi connectivity index (χ0) is 7.07. The van der Waals surface area contributed by atoms with E-state index in [1.54, 1.807) is 0 Å². The summed E-state index contributed by atoms with van der Waals surface area (Å²) in [6, 6.07) is 0. The highest BCUT2D eigenvalue weighted by Crippen LogP contribution is 2.38. The Morgan fingerprint density at radius 2 is 1.89 bits per heavy atom. The SMILES string of the molecule is C[C@@H]1CO[C@@H](C)C1(C)C. The van der Waals surface area contributed by atoms with E-state index < -0.39 is 0 Å². The number of hydrogen-bond donors (Lipinski definition) is 0. The summed E-state index contributed by atoms with van der Waals surface area (Å²) in [5.41, 5.74) is 0.389. The summed E-state index contributed by atoms with van der Waals surface area (Å²) in [4.78, 5) is 0. The Kier molecular flexibility index (Phi) is 1.55. The van der Waals surface area contributed by atoms with E-state index in [2.05, 4.69) is 27.7 Å². The van der Waals surface area contributed by atoms with Crippen molar-refractivity contribution >= 4 is 0 Å². The van der Waals surface area contributed by atoms with E-state index in [0.717, 1.165) is 6.61 Å². The molecule has 1 heteroatoms. The maximum Gasteiger partial charge on any atom is 0.0601 e. The fourth-order valence-electron chi connectivity index (χ4n) is 1.12. The topological polar surface area (TPSA) is 9.23 Å². The Morgan fingerprint density at radius 3 is 2.00 bits per heavy atom. The van der Waals surface area contributed by atoms with Crippen LogP contribution in [0.3, 0.4) is 0 Å². The van der Waals surface area contributed by atoms with Crippen molar-refractivity contribution in [1.82, 2.24) is 0 Å². The van der Waals surface area contributed by atoms with Gasteiger partial charge in [-0.2, -0.15) is 0 Å². The molecule has 1 fully saturated rings. The first-order chi connectivity index (χ1) is 4.05. The quantitative estimate of drug-likeness (QED) is 0.485. The molecule has 2 atom stereocenters. The molecule has 0 aliphatic carbocycles. The van der Waals surface area contributed by atoms with E-state index in [4.69, 9.17) is 4.74 Å². The van der Waals surface area contributed by atoms with Crippen molar-refractivity contribution in [3.8, 4) is 0 Å². The number of rotatable bonds is 0. The molecule has 1 aliphatic heterocycles. The smallest absolute Gasteiger partial charge is 0.0601 e. The van der Waals surface area contributed by atoms with Crippen LogP contribution in [0.4, 0.5) is 0 Å². The van der Waals surface area contributed by atoms with Crippen molar-refractivity contribution < 1.29 is 4.74 Å². The van der Waals surface area contributed by atoms with Crippen LogP contribution in [0, 0.1) is 11.3 Å². The fraction of sp³-hybridized carbons (Fsp3) is 1.00. The van der Waals surface area contributed by atoms with Crippen LogP contribution in [0.25, 0.3) is 0 Å². The lowest BCUT2D eigenvalue weighted by atomic mass is 9.79. The van der Waals surface area contributed by atoms with Crippen molar-refractivity contribution in [3.63, 3.8) is 0 Å². The van der Waals surface area contributed by atoms with Crippen LogP contribution in [-0.2, 0) is 4.74 Å². The minimum atomic E-state index is 0.389. The van der Waals surface area contributed by atoms with Gasteiger partial charge in [0.15, 0.2) is 0 Å². The van der Waals surface area contributed by atoms with Crippen molar-refractivity contribution in [2.75, 3.05) is 6.61 Å². The van der Waals surface area contributed by atoms with Crippen LogP contribution in [0.2, 0.25) is 0 Å². The molecule has 0 saturated carbocycles. The van der Waals surface area contributed by atoms with E-state index in [1.807, 2.05) is 0 Å². The maximum atomic E-state index is 5.48. The Bertz CT molecular complexity index is 95.1. The largest absolute Gasteiger partial charge is 0.378 e. The van der Waals surface area contributed by atoms with Gasteiger partial charge in [0.05, 0.1) is 12.7 Å². The average molecular weight is 128 g/mol. The zero-order valence-electron chi connectivity index (χ0n) is 6.77. The van der Waals surface area contributed by atoms with Crippen LogP contribution in [0.15, 0.2) is 0 Å². The van der Waals surface area contributed by atoms with E-state index in [1.165, 1.54) is 0 Å². The second-order valence-corrected chi connectivity index (χ2v) is 3.70. The summed E-state index contributed by atoms with van der Waals surface area (Å²) in [6.07, 6.45) is 0.437. The molecule has 0 spiro atoms. The van der Waals surface area contributed by atoms with Gasteiger partial charge in [-0.15, -0.1) is 0 Å². The number of hydrogen-bond acceptors (Lipinski definition) is 1. The van der Waals surface area contributed by atoms with Gasteiger partial charge in [0.25, 0.3) is 0 Å². The average Bonchev–Trinajstić information content (AvgIpc) is 1.96. The molecule has 1 aliphatic rings. The second-order valence-electron chi connectivity index (χ2n) is 3.70. The molecule has 0 N–H and O–H groups in total. The van der Waals surface area contributed by atoms with E-state index in [9.17, 15) is 0 Å². The summed E-state index contributed by atoms with van der Waals surface area (Å²) in [6.45, 7) is 9.89. The standard InChI is InChI=1S/C8H16O/c1-6-5-9-7(2)8(6,3)4/h6-7H,5H2,1-4H3/t6-,7+/m1/s1. The predicted molar refractivity (Wildman–Crippen MR) is 38.4 cm³/mol. The molecule has 1 nitrogen and oxygen atoms in total. The minimum Gasteiger partial charge on any atom is -0.378 e. The molecule has 1 rings (SSSR count). The molecule has 0 unspecified atom stereocenters. The molecule has 0 aromatic heterocycles. The van der Waals surface area contributed by atoms with Gasteiger partial charge >= 0.3 is 0 Å². The molecule has 0 amide bonds. The summed E-state index contributed by atoms with van der Waals surface area (Å²) < 4.78 is 5.48. The Morgan fingerprint density at radius 1 is 1.33 bits per heavy atom. The van der Waals surface area contributed by atoms with Gasteiger partial charge in [-0.1, -0.05) is 20.8 Å². The van der Waals surface area contributed by atoms with Gasteiger partial charge in [0.2, 0.25) is 0 Å². The van der Waals surface area contributed by atoms with Gasteiger partial charge in [-0.3, -0.25) is 0 Å². The van der Waals surface area contributed by atoms with Gasteiger partial charge in [0.1, 0.15) is 0 Å². The highest BCUT2D eigenvalue weighted by Gasteiger charge is 2.38. The van der Waals surface area contributed by atoms with Gasteiger partial charge < -0.3 is 4.74 Å². The van der Waals surface area contributed by atoms with Gasteiger partial charge in [0, 0.05) is 0 Å². The van der Waals surface area contributed by atoms with Crippen molar-refractivity contribution in [3.05, 3.63) is 0 Å². The van der Waals surface area contributed by atoms with Crippen LogP contribution in [-0.4, -0.2) is 12.7 Å². The van der Waals surface area contributed by atoms with E-state index in [-0.39, 0.29) is 0 Å². The summed E-state index contributed by atoms with van der Waals surface area (Å²) in [5, 5.41) is 0. The van der Waals surface area contributed by atoms with Crippen LogP contribution < -0.4 is 0 Å². The lowest BCUT2D eigenvalue weighted by Crippen LogP contribution is -2.25. The molecule has 0 bridgehead atoms. The van der Waals surface area contributed by atoms with Gasteiger partial charge in [-0.25, -0.2) is 0 Å². The normalized spacial score (nSPS) is 41.3. The second kappa shape index (κ2) is 1.98. The maximum absolute atomic E-state index is 5.48. The molecule has 9 heavy (non-hydrogen) atoms. The molecular formula is C8H16O. The van der Waals surface area contributed by atoms with Crippen molar-refractivity contribution in [2.45, 2.75) is 33.8 Å². The fourth-order valence-corrected chi connectivity index (χ4v) is 1.12. The molecule has 0 aromatic carbocycles. The van der Waals surface area contributed by atoms with E-state index >= 15 is 0 Å². The lowest BCUT2D eigenvalue weighted by Gasteiger charge is -2.25. The molecule has 0 aromatic rings. The third-order valence-corrected chi connectivity index (χ3v) is 2.91. The monoisotopic (exact) mass is 128 g/mol. The van der Waals surface area contributed by atoms with Crippen LogP contribution in [0.1, 0.15) is 27.7 Å². The molecule has 54 valence electrons. The van der Waals surface area contributed by atoms with Crippen LogP contribution in [0.5, 0.6) is 0 Å². The molecular weight excluding hydrogens is 112 g/mol. The highest BCUT2D eigenvalue weighted by atomic mass is 16.5. The molecule has 1 heterocycles. The zero-order valence-corrected chi connectivity index (χ0v) is 6.77. The highest BCUT2D eigenvalue weighted by molar-refractivity contribution is 4.86. The van der Waals surface area contributed by atoms with Crippen LogP contribution >= 0.6 is 0 Å². The summed E-state index contributed by atoms with van der Waals surface area (Å²) in [5.74, 6) is 0.715. The van der Waals surface area contributed by atoms with Gasteiger partial charge in [-0.05, 0) is 18.3 Å². The Labute approximate surface area is 57.4 Å². The predicted octanol–water partition coefficient (Wildman–Crippen LogP) is 2.07. The lowest BCUT2D eigenvalue weighted by molar-refractivity contribution is 0.0793. The Hall–Kier alpha value is -0.0400. The first kappa shape index (κ1) is 7.07. The molecule has 0 radical (unpaired) electrons. The van der Waals surface area contributed by atoms with Crippen molar-refractivity contribution in [1.29, 1.82) is 0 Å². The third kappa shape index (κ3) is 0.983. The number of ether oxygens (including phenoxy) is 1. The minimum absolute atomic E-state index is 0.389. The van der Waals surface area contributed by atoms with Crippen molar-refractivity contribution in [2.24, 2.45) is 11.3 Å².